The second-order valence-electron chi connectivity index (χ2n) is 5.11. The van der Waals surface area contributed by atoms with Crippen molar-refractivity contribution in [3.8, 4) is 0 Å². The maximum atomic E-state index is 5.44. The molecule has 4 heteroatoms. The Labute approximate surface area is 102 Å². The lowest BCUT2D eigenvalue weighted by Gasteiger charge is -2.34. The molecule has 2 aliphatic heterocycles. The van der Waals surface area contributed by atoms with Crippen molar-refractivity contribution in [3.05, 3.63) is 23.7 Å². The summed E-state index contributed by atoms with van der Waals surface area (Å²) in [5, 5.41) is 0. The average Bonchev–Trinajstić information content (AvgIpc) is 2.79. The smallest absolute Gasteiger partial charge is 0.231 e. The molecule has 94 valence electrons. The molecule has 3 aliphatic rings. The molecular formula is C13H20N2O2. The van der Waals surface area contributed by atoms with E-state index in [4.69, 9.17) is 9.47 Å². The van der Waals surface area contributed by atoms with Gasteiger partial charge in [-0.1, -0.05) is 0 Å². The normalized spacial score (nSPS) is 30.1. The van der Waals surface area contributed by atoms with Gasteiger partial charge in [-0.15, -0.1) is 0 Å². The molecule has 1 atom stereocenters. The number of hydrogen-bond acceptors (Lipinski definition) is 4. The monoisotopic (exact) mass is 236 g/mol. The first-order valence-electron chi connectivity index (χ1n) is 6.40. The van der Waals surface area contributed by atoms with Crippen LogP contribution in [-0.2, 0) is 9.47 Å². The lowest BCUT2D eigenvalue weighted by Crippen LogP contribution is -2.46. The summed E-state index contributed by atoms with van der Waals surface area (Å²) in [5.41, 5.74) is 0. The number of rotatable bonds is 2. The number of hydrogen-bond donors (Lipinski definition) is 0. The predicted molar refractivity (Wildman–Crippen MR) is 65.2 cm³/mol. The molecule has 3 rings (SSSR count). The number of piperazine rings is 1. The van der Waals surface area contributed by atoms with Gasteiger partial charge in [-0.05, 0) is 31.5 Å². The Kier molecular flexibility index (Phi) is 3.07. The van der Waals surface area contributed by atoms with Crippen LogP contribution in [0, 0.1) is 5.92 Å². The van der Waals surface area contributed by atoms with Gasteiger partial charge in [0.05, 0.1) is 0 Å². The third-order valence-electron chi connectivity index (χ3n) is 3.75. The van der Waals surface area contributed by atoms with Gasteiger partial charge in [0.15, 0.2) is 11.5 Å². The highest BCUT2D eigenvalue weighted by molar-refractivity contribution is 5.27. The van der Waals surface area contributed by atoms with Crippen LogP contribution in [0.2, 0.25) is 0 Å². The molecule has 1 aliphatic carbocycles. The second-order valence-corrected chi connectivity index (χ2v) is 5.11. The van der Waals surface area contributed by atoms with Crippen LogP contribution in [0.5, 0.6) is 0 Å². The molecule has 0 amide bonds. The molecular weight excluding hydrogens is 216 g/mol. The third-order valence-corrected chi connectivity index (χ3v) is 3.75. The number of allylic oxidation sites excluding steroid dienone is 1. The summed E-state index contributed by atoms with van der Waals surface area (Å²) in [5.74, 6) is 2.48. The SMILES string of the molecule is CN1CCN(C[C@H]2C=C3OCOC3=CC2)CC1. The zero-order valence-electron chi connectivity index (χ0n) is 10.4. The van der Waals surface area contributed by atoms with E-state index in [9.17, 15) is 0 Å². The molecule has 0 aromatic carbocycles. The molecule has 2 saturated heterocycles. The first-order chi connectivity index (χ1) is 8.31. The Balaban J connectivity index is 1.55. The summed E-state index contributed by atoms with van der Waals surface area (Å²) in [6.07, 6.45) is 5.48. The third kappa shape index (κ3) is 2.48. The van der Waals surface area contributed by atoms with E-state index in [1.54, 1.807) is 0 Å². The van der Waals surface area contributed by atoms with Crippen molar-refractivity contribution in [2.45, 2.75) is 6.42 Å². The van der Waals surface area contributed by atoms with Gasteiger partial charge in [0.2, 0.25) is 6.79 Å². The molecule has 2 heterocycles. The molecule has 0 aromatic heterocycles. The van der Waals surface area contributed by atoms with Gasteiger partial charge >= 0.3 is 0 Å². The van der Waals surface area contributed by atoms with Crippen molar-refractivity contribution in [1.29, 1.82) is 0 Å². The Morgan fingerprint density at radius 2 is 1.94 bits per heavy atom. The minimum Gasteiger partial charge on any atom is -0.454 e. The zero-order valence-corrected chi connectivity index (χ0v) is 10.4. The molecule has 0 unspecified atom stereocenters. The van der Waals surface area contributed by atoms with Crippen molar-refractivity contribution < 1.29 is 9.47 Å². The highest BCUT2D eigenvalue weighted by atomic mass is 16.7. The fourth-order valence-electron chi connectivity index (χ4n) is 2.62. The number of nitrogens with zero attached hydrogens (tertiary/aromatic N) is 2. The summed E-state index contributed by atoms with van der Waals surface area (Å²) in [6, 6.07) is 0. The molecule has 0 saturated carbocycles. The van der Waals surface area contributed by atoms with Crippen LogP contribution in [-0.4, -0.2) is 56.4 Å². The Bertz CT molecular complexity index is 343. The summed E-state index contributed by atoms with van der Waals surface area (Å²) in [4.78, 5) is 4.94. The maximum absolute atomic E-state index is 5.44. The minimum absolute atomic E-state index is 0.388. The summed E-state index contributed by atoms with van der Waals surface area (Å²) in [6.45, 7) is 6.27. The number of fused-ring (bicyclic) bond motifs is 1. The van der Waals surface area contributed by atoms with E-state index in [1.807, 2.05) is 0 Å². The number of likely N-dealkylation sites (N-methyl/N-ethyl adjacent to an activating group) is 1. The quantitative estimate of drug-likeness (QED) is 0.715. The van der Waals surface area contributed by atoms with E-state index in [-0.39, 0.29) is 0 Å². The van der Waals surface area contributed by atoms with Gasteiger partial charge in [0.25, 0.3) is 0 Å². The van der Waals surface area contributed by atoms with Crippen molar-refractivity contribution in [2.24, 2.45) is 5.92 Å². The molecule has 17 heavy (non-hydrogen) atoms. The molecule has 0 aromatic rings. The highest BCUT2D eigenvalue weighted by Crippen LogP contribution is 2.29. The van der Waals surface area contributed by atoms with E-state index in [1.165, 1.54) is 26.2 Å². The van der Waals surface area contributed by atoms with Crippen molar-refractivity contribution in [3.63, 3.8) is 0 Å². The van der Waals surface area contributed by atoms with Crippen molar-refractivity contribution in [1.82, 2.24) is 9.80 Å². The van der Waals surface area contributed by atoms with Gasteiger partial charge in [-0.25, -0.2) is 0 Å². The minimum atomic E-state index is 0.388. The van der Waals surface area contributed by atoms with Crippen LogP contribution >= 0.6 is 0 Å². The van der Waals surface area contributed by atoms with Crippen molar-refractivity contribution in [2.75, 3.05) is 46.6 Å². The lowest BCUT2D eigenvalue weighted by molar-refractivity contribution is 0.0975. The summed E-state index contributed by atoms with van der Waals surface area (Å²) >= 11 is 0. The average molecular weight is 236 g/mol. The van der Waals surface area contributed by atoms with Crippen LogP contribution in [0.25, 0.3) is 0 Å². The summed E-state index contributed by atoms with van der Waals surface area (Å²) < 4.78 is 10.8. The predicted octanol–water partition coefficient (Wildman–Crippen LogP) is 1.03. The van der Waals surface area contributed by atoms with Crippen LogP contribution in [0.3, 0.4) is 0 Å². The van der Waals surface area contributed by atoms with E-state index in [2.05, 4.69) is 29.0 Å². The van der Waals surface area contributed by atoms with Crippen LogP contribution in [0.15, 0.2) is 23.7 Å². The van der Waals surface area contributed by atoms with Gasteiger partial charge in [-0.2, -0.15) is 0 Å². The topological polar surface area (TPSA) is 24.9 Å². The van der Waals surface area contributed by atoms with Crippen LogP contribution in [0.4, 0.5) is 0 Å². The molecule has 0 bridgehead atoms. The highest BCUT2D eigenvalue weighted by Gasteiger charge is 2.24. The van der Waals surface area contributed by atoms with Crippen LogP contribution < -0.4 is 0 Å². The van der Waals surface area contributed by atoms with Crippen LogP contribution in [0.1, 0.15) is 6.42 Å². The number of ether oxygens (including phenoxy) is 2. The van der Waals surface area contributed by atoms with E-state index in [0.717, 1.165) is 24.5 Å². The maximum Gasteiger partial charge on any atom is 0.231 e. The first kappa shape index (κ1) is 11.1. The fraction of sp³-hybridized carbons (Fsp3) is 0.692. The van der Waals surface area contributed by atoms with Gasteiger partial charge < -0.3 is 19.3 Å². The Morgan fingerprint density at radius 3 is 2.76 bits per heavy atom. The van der Waals surface area contributed by atoms with E-state index >= 15 is 0 Å². The van der Waals surface area contributed by atoms with Crippen molar-refractivity contribution >= 4 is 0 Å². The lowest BCUT2D eigenvalue weighted by atomic mass is 9.98. The Morgan fingerprint density at radius 1 is 1.18 bits per heavy atom. The Hall–Kier alpha value is -1.00. The molecule has 0 N–H and O–H groups in total. The molecule has 0 radical (unpaired) electrons. The molecule has 2 fully saturated rings. The summed E-state index contributed by atoms with van der Waals surface area (Å²) in [7, 11) is 2.19. The first-order valence-corrected chi connectivity index (χ1v) is 6.40. The van der Waals surface area contributed by atoms with Gasteiger partial charge in [-0.3, -0.25) is 0 Å². The van der Waals surface area contributed by atoms with E-state index in [0.29, 0.717) is 12.7 Å². The largest absolute Gasteiger partial charge is 0.454 e. The zero-order chi connectivity index (χ0) is 11.7. The fourth-order valence-corrected chi connectivity index (χ4v) is 2.62. The molecule has 4 nitrogen and oxygen atoms in total. The second kappa shape index (κ2) is 4.70. The standard InChI is InChI=1S/C13H20N2O2/c1-14-4-6-15(7-5-14)9-11-2-3-12-13(8-11)17-10-16-12/h3,8,11H,2,4-7,9-10H2,1H3/t11-/m1/s1. The van der Waals surface area contributed by atoms with Gasteiger partial charge in [0.1, 0.15) is 0 Å². The molecule has 0 spiro atoms. The van der Waals surface area contributed by atoms with Gasteiger partial charge in [0, 0.05) is 32.7 Å². The van der Waals surface area contributed by atoms with E-state index < -0.39 is 0 Å².